The number of hydrogen-bond donors (Lipinski definition) is 2. The molecule has 0 heterocycles. The van der Waals surface area contributed by atoms with Crippen molar-refractivity contribution >= 4 is 29.2 Å². The molecule has 0 unspecified atom stereocenters. The number of alkyl halides is 3. The van der Waals surface area contributed by atoms with Gasteiger partial charge in [-0.3, -0.25) is 10.1 Å². The Morgan fingerprint density at radius 1 is 0.962 bits per heavy atom. The second-order valence-electron chi connectivity index (χ2n) is 4.85. The molecule has 0 aliphatic rings. The second-order valence-corrected chi connectivity index (χ2v) is 5.25. The first kappa shape index (κ1) is 19.6. The van der Waals surface area contributed by atoms with Gasteiger partial charge >= 0.3 is 12.2 Å². The summed E-state index contributed by atoms with van der Waals surface area (Å²) in [6, 6.07) is 1.88. The number of imide groups is 1. The topological polar surface area (TPSA) is 58.2 Å². The van der Waals surface area contributed by atoms with Crippen LogP contribution in [0.15, 0.2) is 30.3 Å². The number of anilines is 1. The monoisotopic (exact) mass is 396 g/mol. The summed E-state index contributed by atoms with van der Waals surface area (Å²) in [6.07, 6.45) is -5.26. The lowest BCUT2D eigenvalue weighted by atomic mass is 10.1. The number of carbonyl (C=O) groups excluding carboxylic acids is 2. The summed E-state index contributed by atoms with van der Waals surface area (Å²) in [5.41, 5.74) is -3.05. The van der Waals surface area contributed by atoms with E-state index < -0.39 is 46.8 Å². The van der Waals surface area contributed by atoms with Crippen LogP contribution in [0.5, 0.6) is 0 Å². The maximum atomic E-state index is 13.4. The molecular weight excluding hydrogens is 390 g/mol. The highest BCUT2D eigenvalue weighted by molar-refractivity contribution is 6.34. The fourth-order valence-corrected chi connectivity index (χ4v) is 2.18. The van der Waals surface area contributed by atoms with Crippen molar-refractivity contribution in [3.05, 3.63) is 63.9 Å². The summed E-state index contributed by atoms with van der Waals surface area (Å²) in [4.78, 5) is 23.5. The Morgan fingerprint density at radius 2 is 1.54 bits per heavy atom. The highest BCUT2D eigenvalue weighted by atomic mass is 35.5. The van der Waals surface area contributed by atoms with Gasteiger partial charge < -0.3 is 5.32 Å². The number of rotatable bonds is 2. The predicted molar refractivity (Wildman–Crippen MR) is 79.3 cm³/mol. The van der Waals surface area contributed by atoms with Gasteiger partial charge in [0.15, 0.2) is 0 Å². The molecule has 26 heavy (non-hydrogen) atoms. The van der Waals surface area contributed by atoms with Crippen molar-refractivity contribution in [2.24, 2.45) is 0 Å². The fourth-order valence-electron chi connectivity index (χ4n) is 1.92. The highest BCUT2D eigenvalue weighted by Gasteiger charge is 2.38. The summed E-state index contributed by atoms with van der Waals surface area (Å²) < 4.78 is 77.2. The normalized spacial score (nSPS) is 11.2. The first-order valence-electron chi connectivity index (χ1n) is 6.62. The summed E-state index contributed by atoms with van der Waals surface area (Å²) in [5.74, 6) is -5.69. The first-order valence-corrected chi connectivity index (χ1v) is 7.00. The molecule has 0 aromatic heterocycles. The van der Waals surface area contributed by atoms with Gasteiger partial charge in [0.2, 0.25) is 0 Å². The molecule has 2 N–H and O–H groups in total. The molecule has 4 nitrogen and oxygen atoms in total. The fraction of sp³-hybridized carbons (Fsp3) is 0.0667. The molecule has 0 atom stereocenters. The van der Waals surface area contributed by atoms with E-state index in [-0.39, 0.29) is 22.7 Å². The van der Waals surface area contributed by atoms with Crippen molar-refractivity contribution in [2.75, 3.05) is 5.32 Å². The largest absolute Gasteiger partial charge is 0.422 e. The van der Waals surface area contributed by atoms with Crippen LogP contribution in [-0.2, 0) is 6.18 Å². The summed E-state index contributed by atoms with van der Waals surface area (Å²) >= 11 is 5.63. The number of amides is 3. The van der Waals surface area contributed by atoms with Crippen LogP contribution < -0.4 is 10.6 Å². The van der Waals surface area contributed by atoms with Crippen molar-refractivity contribution in [3.63, 3.8) is 0 Å². The van der Waals surface area contributed by atoms with E-state index >= 15 is 0 Å². The maximum absolute atomic E-state index is 13.4. The minimum Gasteiger partial charge on any atom is -0.307 e. The smallest absolute Gasteiger partial charge is 0.307 e. The molecule has 2 aromatic carbocycles. The molecule has 3 amide bonds. The Labute approximate surface area is 146 Å². The quantitative estimate of drug-likeness (QED) is 0.720. The third-order valence-corrected chi connectivity index (χ3v) is 3.30. The Balaban J connectivity index is 2.14. The van der Waals surface area contributed by atoms with Crippen LogP contribution in [0.4, 0.5) is 36.8 Å². The minimum atomic E-state index is -5.26. The predicted octanol–water partition coefficient (Wildman–Crippen LogP) is 4.74. The molecule has 2 rings (SSSR count). The number of hydrogen-bond acceptors (Lipinski definition) is 2. The zero-order chi connectivity index (χ0) is 19.6. The molecule has 0 saturated heterocycles. The SMILES string of the molecule is O=C(NC(=O)c1ccc(F)cc1Cl)Nc1cc(F)c(C(F)(F)F)c(F)c1. The van der Waals surface area contributed by atoms with Gasteiger partial charge in [0.05, 0.1) is 10.6 Å². The zero-order valence-corrected chi connectivity index (χ0v) is 13.1. The Hall–Kier alpha value is -2.75. The van der Waals surface area contributed by atoms with Gasteiger partial charge in [-0.2, -0.15) is 13.2 Å². The lowest BCUT2D eigenvalue weighted by Gasteiger charge is -2.12. The van der Waals surface area contributed by atoms with Gasteiger partial charge in [-0.05, 0) is 30.3 Å². The van der Waals surface area contributed by atoms with Crippen LogP contribution in [0, 0.1) is 17.5 Å². The van der Waals surface area contributed by atoms with Crippen LogP contribution >= 0.6 is 11.6 Å². The van der Waals surface area contributed by atoms with Gasteiger partial charge in [-0.15, -0.1) is 0 Å². The summed E-state index contributed by atoms with van der Waals surface area (Å²) in [5, 5.41) is 3.22. The Morgan fingerprint density at radius 3 is 2.04 bits per heavy atom. The first-order chi connectivity index (χ1) is 12.0. The molecule has 2 aromatic rings. The molecule has 0 bridgehead atoms. The van der Waals surface area contributed by atoms with Crippen LogP contribution in [-0.4, -0.2) is 11.9 Å². The molecule has 0 aliphatic heterocycles. The standard InChI is InChI=1S/C15H7ClF6N2O2/c16-9-3-6(17)1-2-8(9)13(25)24-14(26)23-7-4-10(18)12(11(19)5-7)15(20,21)22/h1-5H,(H2,23,24,25,26). The maximum Gasteiger partial charge on any atom is 0.422 e. The zero-order valence-electron chi connectivity index (χ0n) is 12.3. The van der Waals surface area contributed by atoms with Crippen molar-refractivity contribution < 1.29 is 35.9 Å². The van der Waals surface area contributed by atoms with Crippen LogP contribution in [0.1, 0.15) is 15.9 Å². The number of carbonyl (C=O) groups is 2. The number of halogens is 7. The van der Waals surface area contributed by atoms with E-state index in [0.717, 1.165) is 18.2 Å². The third-order valence-electron chi connectivity index (χ3n) is 2.99. The second kappa shape index (κ2) is 7.24. The van der Waals surface area contributed by atoms with Gasteiger partial charge in [0.1, 0.15) is 23.0 Å². The molecule has 11 heteroatoms. The third kappa shape index (κ3) is 4.45. The van der Waals surface area contributed by atoms with Crippen LogP contribution in [0.3, 0.4) is 0 Å². The molecule has 0 aliphatic carbocycles. The molecule has 0 spiro atoms. The molecule has 0 fully saturated rings. The average molecular weight is 397 g/mol. The van der Waals surface area contributed by atoms with Crippen LogP contribution in [0.25, 0.3) is 0 Å². The lowest BCUT2D eigenvalue weighted by Crippen LogP contribution is -2.34. The van der Waals surface area contributed by atoms with E-state index in [1.54, 1.807) is 10.6 Å². The summed E-state index contributed by atoms with van der Waals surface area (Å²) in [7, 11) is 0. The van der Waals surface area contributed by atoms with E-state index in [4.69, 9.17) is 11.6 Å². The van der Waals surface area contributed by atoms with Crippen molar-refractivity contribution in [1.29, 1.82) is 0 Å². The van der Waals surface area contributed by atoms with Crippen molar-refractivity contribution in [1.82, 2.24) is 5.32 Å². The van der Waals surface area contributed by atoms with Gasteiger partial charge in [-0.25, -0.2) is 18.0 Å². The Bertz CT molecular complexity index is 862. The van der Waals surface area contributed by atoms with E-state index in [0.29, 0.717) is 0 Å². The van der Waals surface area contributed by atoms with Gasteiger partial charge in [0.25, 0.3) is 5.91 Å². The van der Waals surface area contributed by atoms with E-state index in [9.17, 15) is 35.9 Å². The van der Waals surface area contributed by atoms with E-state index in [2.05, 4.69) is 0 Å². The lowest BCUT2D eigenvalue weighted by molar-refractivity contribution is -0.142. The van der Waals surface area contributed by atoms with E-state index in [1.165, 1.54) is 0 Å². The van der Waals surface area contributed by atoms with Crippen molar-refractivity contribution in [2.45, 2.75) is 6.18 Å². The summed E-state index contributed by atoms with van der Waals surface area (Å²) in [6.45, 7) is 0. The number of urea groups is 1. The molecule has 0 saturated carbocycles. The highest BCUT2D eigenvalue weighted by Crippen LogP contribution is 2.34. The van der Waals surface area contributed by atoms with E-state index in [1.807, 2.05) is 0 Å². The molecular formula is C15H7ClF6N2O2. The van der Waals surface area contributed by atoms with Gasteiger partial charge in [-0.1, -0.05) is 11.6 Å². The average Bonchev–Trinajstić information content (AvgIpc) is 2.44. The Kier molecular flexibility index (Phi) is 5.45. The number of nitrogens with one attached hydrogen (secondary N) is 2. The number of benzene rings is 2. The molecule has 138 valence electrons. The molecule has 0 radical (unpaired) electrons. The van der Waals surface area contributed by atoms with Crippen molar-refractivity contribution in [3.8, 4) is 0 Å². The minimum absolute atomic E-state index is 0.237. The van der Waals surface area contributed by atoms with Gasteiger partial charge in [0, 0.05) is 5.69 Å². The van der Waals surface area contributed by atoms with Crippen LogP contribution in [0.2, 0.25) is 5.02 Å².